The Morgan fingerprint density at radius 1 is 1.13 bits per heavy atom. The van der Waals surface area contributed by atoms with Gasteiger partial charge in [0.2, 0.25) is 15.9 Å². The number of carbonyl (C=O) groups excluding carboxylic acids is 1. The summed E-state index contributed by atoms with van der Waals surface area (Å²) in [4.78, 5) is 18.0. The van der Waals surface area contributed by atoms with Gasteiger partial charge in [-0.05, 0) is 48.7 Å². The van der Waals surface area contributed by atoms with Crippen LogP contribution in [0.15, 0.2) is 47.4 Å². The third-order valence-corrected chi connectivity index (χ3v) is 8.64. The summed E-state index contributed by atoms with van der Waals surface area (Å²) in [7, 11) is -0.539. The molecule has 0 atom stereocenters. The van der Waals surface area contributed by atoms with Crippen LogP contribution in [0.4, 0.5) is 5.13 Å². The Kier molecular flexibility index (Phi) is 5.61. The van der Waals surface area contributed by atoms with Crippen LogP contribution in [0.25, 0.3) is 10.2 Å². The molecule has 6 nitrogen and oxygen atoms in total. The average molecular weight is 464 g/mol. The van der Waals surface area contributed by atoms with Crippen molar-refractivity contribution in [2.24, 2.45) is 0 Å². The second-order valence-electron chi connectivity index (χ2n) is 7.69. The van der Waals surface area contributed by atoms with Crippen molar-refractivity contribution < 1.29 is 13.2 Å². The molecule has 1 aliphatic rings. The predicted octanol–water partition coefficient (Wildman–Crippen LogP) is 4.65. The van der Waals surface area contributed by atoms with Gasteiger partial charge in [0.1, 0.15) is 0 Å². The Morgan fingerprint density at radius 2 is 1.80 bits per heavy atom. The van der Waals surface area contributed by atoms with Gasteiger partial charge in [0.05, 0.1) is 20.5 Å². The first kappa shape index (κ1) is 21.2. The Labute approximate surface area is 184 Å². The molecule has 3 aromatic rings. The lowest BCUT2D eigenvalue weighted by molar-refractivity contribution is -0.121. The first-order chi connectivity index (χ1) is 14.2. The Morgan fingerprint density at radius 3 is 2.43 bits per heavy atom. The number of benzene rings is 2. The van der Waals surface area contributed by atoms with Crippen molar-refractivity contribution in [3.8, 4) is 0 Å². The summed E-state index contributed by atoms with van der Waals surface area (Å²) in [5.41, 5.74) is 1.02. The molecule has 0 saturated heterocycles. The fourth-order valence-electron chi connectivity index (χ4n) is 3.94. The lowest BCUT2D eigenvalue weighted by Gasteiger charge is -2.27. The van der Waals surface area contributed by atoms with E-state index in [4.69, 9.17) is 11.6 Å². The number of halogens is 1. The third kappa shape index (κ3) is 3.73. The summed E-state index contributed by atoms with van der Waals surface area (Å²) in [5.74, 6) is -0.0810. The lowest BCUT2D eigenvalue weighted by Crippen LogP contribution is -2.37. The standard InChI is InChI=1S/C21H22ClN3O3S2/c1-25(2)30(27,28)16-9-10-17-18(13-16)29-20(23-17)24-19(26)21(11-3-4-12-21)14-5-7-15(22)8-6-14/h5-10,13H,3-4,11-12H2,1-2H3,(H,23,24,26). The number of hydrogen-bond acceptors (Lipinski definition) is 5. The highest BCUT2D eigenvalue weighted by Gasteiger charge is 2.43. The van der Waals surface area contributed by atoms with Gasteiger partial charge >= 0.3 is 0 Å². The zero-order valence-electron chi connectivity index (χ0n) is 16.7. The molecule has 1 saturated carbocycles. The topological polar surface area (TPSA) is 79.4 Å². The van der Waals surface area contributed by atoms with Crippen molar-refractivity contribution in [3.63, 3.8) is 0 Å². The molecule has 1 N–H and O–H groups in total. The van der Waals surface area contributed by atoms with Crippen molar-refractivity contribution >= 4 is 54.2 Å². The van der Waals surface area contributed by atoms with Gasteiger partial charge in [0.25, 0.3) is 0 Å². The number of aromatic nitrogens is 1. The molecule has 0 aliphatic heterocycles. The van der Waals surface area contributed by atoms with Crippen molar-refractivity contribution in [2.45, 2.75) is 36.0 Å². The molecule has 1 amide bonds. The van der Waals surface area contributed by atoms with E-state index in [9.17, 15) is 13.2 Å². The normalized spacial score (nSPS) is 16.3. The van der Waals surface area contributed by atoms with Gasteiger partial charge in [-0.15, -0.1) is 0 Å². The summed E-state index contributed by atoms with van der Waals surface area (Å²) in [6.07, 6.45) is 3.52. The molecule has 0 radical (unpaired) electrons. The van der Waals surface area contributed by atoms with Gasteiger partial charge in [-0.1, -0.05) is 47.9 Å². The summed E-state index contributed by atoms with van der Waals surface area (Å²) in [6, 6.07) is 12.3. The number of thiazole rings is 1. The van der Waals surface area contributed by atoms with Crippen molar-refractivity contribution in [1.82, 2.24) is 9.29 Å². The summed E-state index contributed by atoms with van der Waals surface area (Å²) >= 11 is 7.30. The Balaban J connectivity index is 1.64. The van der Waals surface area contributed by atoms with E-state index in [1.54, 1.807) is 12.1 Å². The second kappa shape index (κ2) is 7.92. The van der Waals surface area contributed by atoms with Crippen LogP contribution in [0, 0.1) is 0 Å². The van der Waals surface area contributed by atoms with Gasteiger partial charge in [0.15, 0.2) is 5.13 Å². The Bertz CT molecular complexity index is 1200. The van der Waals surface area contributed by atoms with Crippen LogP contribution in [-0.4, -0.2) is 37.7 Å². The number of hydrogen-bond donors (Lipinski definition) is 1. The van der Waals surface area contributed by atoms with Crippen LogP contribution in [0.1, 0.15) is 31.2 Å². The van der Waals surface area contributed by atoms with Crippen LogP contribution < -0.4 is 5.32 Å². The molecule has 1 aliphatic carbocycles. The van der Waals surface area contributed by atoms with E-state index >= 15 is 0 Å². The van der Waals surface area contributed by atoms with Gasteiger partial charge < -0.3 is 5.32 Å². The number of sulfonamides is 1. The zero-order valence-corrected chi connectivity index (χ0v) is 19.1. The van der Waals surface area contributed by atoms with Crippen molar-refractivity contribution in [2.75, 3.05) is 19.4 Å². The number of amides is 1. The van der Waals surface area contributed by atoms with E-state index < -0.39 is 15.4 Å². The largest absolute Gasteiger partial charge is 0.301 e. The van der Waals surface area contributed by atoms with E-state index in [0.29, 0.717) is 20.4 Å². The number of fused-ring (bicyclic) bond motifs is 1. The van der Waals surface area contributed by atoms with Crippen molar-refractivity contribution in [3.05, 3.63) is 53.1 Å². The third-order valence-electron chi connectivity index (χ3n) is 5.65. The number of nitrogens with zero attached hydrogens (tertiary/aromatic N) is 2. The summed E-state index contributed by atoms with van der Waals surface area (Å²) < 4.78 is 26.7. The molecule has 30 heavy (non-hydrogen) atoms. The van der Waals surface area contributed by atoms with Crippen LogP contribution in [0.3, 0.4) is 0 Å². The zero-order chi connectivity index (χ0) is 21.5. The second-order valence-corrected chi connectivity index (χ2v) is 11.3. The van der Waals surface area contributed by atoms with Crippen LogP contribution in [0.5, 0.6) is 0 Å². The molecular weight excluding hydrogens is 442 g/mol. The number of nitrogens with one attached hydrogen (secondary N) is 1. The minimum Gasteiger partial charge on any atom is -0.301 e. The Hall–Kier alpha value is -2.00. The van der Waals surface area contributed by atoms with Crippen LogP contribution in [-0.2, 0) is 20.2 Å². The maximum absolute atomic E-state index is 13.3. The number of carbonyl (C=O) groups is 1. The highest BCUT2D eigenvalue weighted by Crippen LogP contribution is 2.43. The van der Waals surface area contributed by atoms with E-state index in [1.165, 1.54) is 35.8 Å². The quantitative estimate of drug-likeness (QED) is 0.597. The summed E-state index contributed by atoms with van der Waals surface area (Å²) in [6.45, 7) is 0. The van der Waals surface area contributed by atoms with Gasteiger partial charge in [-0.25, -0.2) is 17.7 Å². The molecule has 1 fully saturated rings. The van der Waals surface area contributed by atoms with Gasteiger partial charge in [-0.3, -0.25) is 4.79 Å². The number of anilines is 1. The molecule has 0 unspecified atom stereocenters. The van der Waals surface area contributed by atoms with E-state index in [2.05, 4.69) is 10.3 Å². The molecule has 0 spiro atoms. The van der Waals surface area contributed by atoms with Crippen molar-refractivity contribution in [1.29, 1.82) is 0 Å². The fraction of sp³-hybridized carbons (Fsp3) is 0.333. The maximum atomic E-state index is 13.3. The van der Waals surface area contributed by atoms with Gasteiger partial charge in [-0.2, -0.15) is 0 Å². The SMILES string of the molecule is CN(C)S(=O)(=O)c1ccc2nc(NC(=O)C3(c4ccc(Cl)cc4)CCCC3)sc2c1. The maximum Gasteiger partial charge on any atom is 0.242 e. The smallest absolute Gasteiger partial charge is 0.242 e. The molecule has 4 rings (SSSR count). The predicted molar refractivity (Wildman–Crippen MR) is 121 cm³/mol. The molecule has 158 valence electrons. The van der Waals surface area contributed by atoms with Crippen LogP contribution in [0.2, 0.25) is 5.02 Å². The van der Waals surface area contributed by atoms with E-state index in [0.717, 1.165) is 31.2 Å². The van der Waals surface area contributed by atoms with Gasteiger partial charge in [0, 0.05) is 19.1 Å². The molecule has 9 heteroatoms. The fourth-order valence-corrected chi connectivity index (χ4v) is 5.97. The minimum absolute atomic E-state index is 0.0810. The highest BCUT2D eigenvalue weighted by molar-refractivity contribution is 7.89. The number of rotatable bonds is 5. The monoisotopic (exact) mass is 463 g/mol. The lowest BCUT2D eigenvalue weighted by atomic mass is 9.78. The average Bonchev–Trinajstić information content (AvgIpc) is 3.35. The minimum atomic E-state index is -3.53. The van der Waals surface area contributed by atoms with E-state index in [1.807, 2.05) is 24.3 Å². The molecule has 2 aromatic carbocycles. The summed E-state index contributed by atoms with van der Waals surface area (Å²) in [5, 5.41) is 4.09. The van der Waals surface area contributed by atoms with Crippen LogP contribution >= 0.6 is 22.9 Å². The molecule has 0 bridgehead atoms. The van der Waals surface area contributed by atoms with E-state index in [-0.39, 0.29) is 10.8 Å². The molecule has 1 heterocycles. The molecule has 1 aromatic heterocycles. The first-order valence-electron chi connectivity index (χ1n) is 9.63. The molecular formula is C21H22ClN3O3S2. The first-order valence-corrected chi connectivity index (χ1v) is 12.3. The highest BCUT2D eigenvalue weighted by atomic mass is 35.5.